The van der Waals surface area contributed by atoms with Gasteiger partial charge in [0.2, 0.25) is 11.8 Å². The highest BCUT2D eigenvalue weighted by atomic mass is 16.2. The quantitative estimate of drug-likeness (QED) is 0.922. The number of nitrogens with zero attached hydrogens (tertiary/aromatic N) is 2. The van der Waals surface area contributed by atoms with E-state index >= 15 is 0 Å². The Morgan fingerprint density at radius 2 is 1.92 bits per heavy atom. The van der Waals surface area contributed by atoms with Gasteiger partial charge in [-0.3, -0.25) is 9.59 Å². The van der Waals surface area contributed by atoms with Crippen LogP contribution in [0.15, 0.2) is 48.5 Å². The lowest BCUT2D eigenvalue weighted by molar-refractivity contribution is -0.137. The molecule has 0 unspecified atom stereocenters. The Hall–Kier alpha value is -2.69. The Morgan fingerprint density at radius 1 is 1.12 bits per heavy atom. The van der Waals surface area contributed by atoms with E-state index in [1.807, 2.05) is 37.3 Å². The van der Waals surface area contributed by atoms with E-state index < -0.39 is 0 Å². The SMILES string of the molecule is Cc1cccc(NC(=O)[C@@H]2CCCN2C(=O)[C@H]2C[C@H]2c2ccccc2)n1. The molecule has 0 bridgehead atoms. The standard InChI is InChI=1S/C21H23N3O2/c1-14-7-5-11-19(22-14)23-20(25)18-10-6-12-24(18)21(26)17-13-16(17)15-8-3-2-4-9-15/h2-5,7-9,11,16-18H,6,10,12-13H2,1H3,(H,22,23,25)/t16-,17-,18-/m0/s1. The normalized spacial score (nSPS) is 24.3. The van der Waals surface area contributed by atoms with E-state index in [0.717, 1.165) is 18.5 Å². The largest absolute Gasteiger partial charge is 0.330 e. The maximum Gasteiger partial charge on any atom is 0.248 e. The maximum atomic E-state index is 12.9. The van der Waals surface area contributed by atoms with E-state index in [1.54, 1.807) is 11.0 Å². The molecule has 2 aromatic rings. The van der Waals surface area contributed by atoms with E-state index in [2.05, 4.69) is 22.4 Å². The molecule has 1 saturated carbocycles. The first kappa shape index (κ1) is 16.8. The molecule has 1 aliphatic carbocycles. The molecule has 26 heavy (non-hydrogen) atoms. The van der Waals surface area contributed by atoms with Crippen molar-refractivity contribution in [3.63, 3.8) is 0 Å². The third-order valence-electron chi connectivity index (χ3n) is 5.31. The molecule has 0 radical (unpaired) electrons. The van der Waals surface area contributed by atoms with Crippen molar-refractivity contribution < 1.29 is 9.59 Å². The summed E-state index contributed by atoms with van der Waals surface area (Å²) >= 11 is 0. The summed E-state index contributed by atoms with van der Waals surface area (Å²) in [6.07, 6.45) is 2.47. The van der Waals surface area contributed by atoms with Crippen molar-refractivity contribution in [1.29, 1.82) is 0 Å². The van der Waals surface area contributed by atoms with Gasteiger partial charge in [-0.05, 0) is 49.8 Å². The third kappa shape index (κ3) is 3.34. The van der Waals surface area contributed by atoms with Crippen LogP contribution in [0.4, 0.5) is 5.82 Å². The number of anilines is 1. The topological polar surface area (TPSA) is 62.3 Å². The minimum Gasteiger partial charge on any atom is -0.330 e. The molecule has 2 fully saturated rings. The highest BCUT2D eigenvalue weighted by Gasteiger charge is 2.48. The fraction of sp³-hybridized carbons (Fsp3) is 0.381. The minimum absolute atomic E-state index is 0.0166. The van der Waals surface area contributed by atoms with E-state index in [9.17, 15) is 9.59 Å². The number of amides is 2. The number of hydrogen-bond donors (Lipinski definition) is 1. The van der Waals surface area contributed by atoms with Gasteiger partial charge >= 0.3 is 0 Å². The van der Waals surface area contributed by atoms with Crippen molar-refractivity contribution in [3.05, 3.63) is 59.8 Å². The van der Waals surface area contributed by atoms with Crippen molar-refractivity contribution in [2.24, 2.45) is 5.92 Å². The smallest absolute Gasteiger partial charge is 0.248 e. The van der Waals surface area contributed by atoms with Crippen LogP contribution in [0.5, 0.6) is 0 Å². The van der Waals surface area contributed by atoms with Crippen molar-refractivity contribution in [2.45, 2.75) is 38.1 Å². The molecule has 0 spiro atoms. The molecule has 1 aromatic carbocycles. The number of aromatic nitrogens is 1. The highest BCUT2D eigenvalue weighted by Crippen LogP contribution is 2.49. The zero-order valence-corrected chi connectivity index (χ0v) is 14.9. The summed E-state index contributed by atoms with van der Waals surface area (Å²) in [6.45, 7) is 2.55. The molecule has 1 aliphatic heterocycles. The van der Waals surface area contributed by atoms with E-state index in [4.69, 9.17) is 0 Å². The molecule has 4 rings (SSSR count). The minimum atomic E-state index is -0.387. The van der Waals surface area contributed by atoms with Crippen LogP contribution in [0.2, 0.25) is 0 Å². The fourth-order valence-corrected chi connectivity index (χ4v) is 3.87. The second-order valence-electron chi connectivity index (χ2n) is 7.20. The van der Waals surface area contributed by atoms with Gasteiger partial charge in [0.05, 0.1) is 0 Å². The van der Waals surface area contributed by atoms with E-state index in [1.165, 1.54) is 5.56 Å². The van der Waals surface area contributed by atoms with Gasteiger partial charge in [-0.2, -0.15) is 0 Å². The predicted molar refractivity (Wildman–Crippen MR) is 99.6 cm³/mol. The Bertz CT molecular complexity index is 821. The van der Waals surface area contributed by atoms with Gasteiger partial charge in [-0.1, -0.05) is 36.4 Å². The summed E-state index contributed by atoms with van der Waals surface area (Å²) in [4.78, 5) is 31.7. The van der Waals surface area contributed by atoms with Crippen LogP contribution in [0.3, 0.4) is 0 Å². The van der Waals surface area contributed by atoms with Crippen molar-refractivity contribution in [1.82, 2.24) is 9.88 Å². The van der Waals surface area contributed by atoms with Crippen LogP contribution in [-0.2, 0) is 9.59 Å². The fourth-order valence-electron chi connectivity index (χ4n) is 3.87. The summed E-state index contributed by atoms with van der Waals surface area (Å²) < 4.78 is 0. The lowest BCUT2D eigenvalue weighted by Gasteiger charge is -2.24. The summed E-state index contributed by atoms with van der Waals surface area (Å²) in [7, 11) is 0. The molecular formula is C21H23N3O2. The zero-order chi connectivity index (χ0) is 18.1. The third-order valence-corrected chi connectivity index (χ3v) is 5.31. The number of carbonyl (C=O) groups is 2. The maximum absolute atomic E-state index is 12.9. The van der Waals surface area contributed by atoms with Crippen molar-refractivity contribution in [3.8, 4) is 0 Å². The average molecular weight is 349 g/mol. The molecule has 5 heteroatoms. The Balaban J connectivity index is 1.42. The Kier molecular flexibility index (Phi) is 4.45. The number of hydrogen-bond acceptors (Lipinski definition) is 3. The van der Waals surface area contributed by atoms with E-state index in [-0.39, 0.29) is 23.8 Å². The van der Waals surface area contributed by atoms with E-state index in [0.29, 0.717) is 24.7 Å². The molecule has 1 aromatic heterocycles. The van der Waals surface area contributed by atoms with Gasteiger partial charge in [0.15, 0.2) is 0 Å². The molecule has 134 valence electrons. The lowest BCUT2D eigenvalue weighted by atomic mass is 10.1. The summed E-state index contributed by atoms with van der Waals surface area (Å²) in [6, 6.07) is 15.3. The molecule has 1 saturated heterocycles. The molecule has 2 heterocycles. The van der Waals surface area contributed by atoms with Gasteiger partial charge in [0.25, 0.3) is 0 Å². The molecule has 2 amide bonds. The van der Waals surface area contributed by atoms with Crippen LogP contribution >= 0.6 is 0 Å². The van der Waals surface area contributed by atoms with Crippen molar-refractivity contribution in [2.75, 3.05) is 11.9 Å². The first-order chi connectivity index (χ1) is 12.6. The van der Waals surface area contributed by atoms with Crippen LogP contribution in [0.25, 0.3) is 0 Å². The number of rotatable bonds is 4. The molecule has 1 N–H and O–H groups in total. The number of nitrogens with one attached hydrogen (secondary N) is 1. The summed E-state index contributed by atoms with van der Waals surface area (Å²) in [5.41, 5.74) is 2.07. The highest BCUT2D eigenvalue weighted by molar-refractivity contribution is 5.97. The van der Waals surface area contributed by atoms with Crippen LogP contribution < -0.4 is 5.32 Å². The predicted octanol–water partition coefficient (Wildman–Crippen LogP) is 3.12. The van der Waals surface area contributed by atoms with Crippen molar-refractivity contribution >= 4 is 17.6 Å². The number of likely N-dealkylation sites (tertiary alicyclic amines) is 1. The first-order valence-corrected chi connectivity index (χ1v) is 9.23. The monoisotopic (exact) mass is 349 g/mol. The lowest BCUT2D eigenvalue weighted by Crippen LogP contribution is -2.44. The number of benzene rings is 1. The van der Waals surface area contributed by atoms with Gasteiger partial charge in [0, 0.05) is 18.2 Å². The summed E-state index contributed by atoms with van der Waals surface area (Å²) in [5, 5.41) is 2.87. The Labute approximate surface area is 153 Å². The van der Waals surface area contributed by atoms with Crippen LogP contribution in [0, 0.1) is 12.8 Å². The Morgan fingerprint density at radius 3 is 2.69 bits per heavy atom. The van der Waals surface area contributed by atoms with Crippen LogP contribution in [-0.4, -0.2) is 34.3 Å². The second-order valence-corrected chi connectivity index (χ2v) is 7.20. The van der Waals surface area contributed by atoms with Crippen LogP contribution in [0.1, 0.15) is 36.4 Å². The molecule has 5 nitrogen and oxygen atoms in total. The number of aryl methyl sites for hydroxylation is 1. The van der Waals surface area contributed by atoms with Gasteiger partial charge in [-0.25, -0.2) is 4.98 Å². The second kappa shape index (κ2) is 6.90. The van der Waals surface area contributed by atoms with Gasteiger partial charge < -0.3 is 10.2 Å². The number of carbonyl (C=O) groups excluding carboxylic acids is 2. The zero-order valence-electron chi connectivity index (χ0n) is 14.9. The average Bonchev–Trinajstić information content (AvgIpc) is 3.29. The van der Waals surface area contributed by atoms with Gasteiger partial charge in [-0.15, -0.1) is 0 Å². The summed E-state index contributed by atoms with van der Waals surface area (Å²) in [5.74, 6) is 0.844. The van der Waals surface area contributed by atoms with Gasteiger partial charge in [0.1, 0.15) is 11.9 Å². The molecular weight excluding hydrogens is 326 g/mol. The molecule has 3 atom stereocenters. The first-order valence-electron chi connectivity index (χ1n) is 9.23. The molecule has 2 aliphatic rings. The number of pyridine rings is 1.